The van der Waals surface area contributed by atoms with Crippen LogP contribution in [0.3, 0.4) is 0 Å². The largest absolute Gasteiger partial charge is 0.388 e. The number of aryl methyl sites for hydroxylation is 4. The van der Waals surface area contributed by atoms with E-state index >= 15 is 0 Å². The minimum Gasteiger partial charge on any atom is -0.388 e. The lowest BCUT2D eigenvalue weighted by Crippen LogP contribution is -2.09. The molecule has 0 spiro atoms. The zero-order chi connectivity index (χ0) is 14.0. The van der Waals surface area contributed by atoms with E-state index in [2.05, 4.69) is 43.2 Å². The summed E-state index contributed by atoms with van der Waals surface area (Å²) in [6, 6.07) is 8.26. The Bertz CT molecular complexity index is 572. The van der Waals surface area contributed by atoms with Crippen LogP contribution in [0, 0.1) is 20.8 Å². The molecule has 0 aliphatic heterocycles. The molecule has 1 heterocycles. The van der Waals surface area contributed by atoms with Gasteiger partial charge < -0.3 is 5.11 Å². The van der Waals surface area contributed by atoms with Crippen LogP contribution in [0.25, 0.3) is 0 Å². The van der Waals surface area contributed by atoms with E-state index < -0.39 is 6.10 Å². The Morgan fingerprint density at radius 3 is 2.63 bits per heavy atom. The van der Waals surface area contributed by atoms with Gasteiger partial charge in [0.2, 0.25) is 0 Å². The first-order chi connectivity index (χ1) is 9.01. The highest BCUT2D eigenvalue weighted by atomic mass is 16.3. The van der Waals surface area contributed by atoms with Crippen LogP contribution >= 0.6 is 0 Å². The minimum absolute atomic E-state index is 0.471. The number of rotatable bonds is 4. The molecule has 0 saturated heterocycles. The van der Waals surface area contributed by atoms with Crippen LogP contribution in [0.1, 0.15) is 41.1 Å². The SMILES string of the molecule is CCn1nc(C)cc1CC(O)c1cc(C)ccc1C. The van der Waals surface area contributed by atoms with E-state index in [0.717, 1.165) is 29.1 Å². The van der Waals surface area contributed by atoms with Gasteiger partial charge in [0.1, 0.15) is 0 Å². The van der Waals surface area contributed by atoms with Gasteiger partial charge in [0.25, 0.3) is 0 Å². The number of aliphatic hydroxyl groups is 1. The normalized spacial score (nSPS) is 12.7. The monoisotopic (exact) mass is 258 g/mol. The van der Waals surface area contributed by atoms with Gasteiger partial charge in [0.15, 0.2) is 0 Å². The molecule has 1 unspecified atom stereocenters. The van der Waals surface area contributed by atoms with Crippen molar-refractivity contribution in [2.24, 2.45) is 0 Å². The Kier molecular flexibility index (Phi) is 4.05. The zero-order valence-corrected chi connectivity index (χ0v) is 12.1. The summed E-state index contributed by atoms with van der Waals surface area (Å²) in [7, 11) is 0. The maximum absolute atomic E-state index is 10.5. The standard InChI is InChI=1S/C16H22N2O/c1-5-18-14(9-13(4)17-18)10-16(19)15-8-11(2)6-7-12(15)3/h6-9,16,19H,5,10H2,1-4H3. The van der Waals surface area contributed by atoms with E-state index in [4.69, 9.17) is 0 Å². The van der Waals surface area contributed by atoms with Gasteiger partial charge in [-0.25, -0.2) is 0 Å². The molecule has 0 aliphatic carbocycles. The van der Waals surface area contributed by atoms with Crippen molar-refractivity contribution >= 4 is 0 Å². The molecule has 0 fully saturated rings. The highest BCUT2D eigenvalue weighted by Crippen LogP contribution is 2.23. The number of hydrogen-bond donors (Lipinski definition) is 1. The lowest BCUT2D eigenvalue weighted by atomic mass is 9.98. The Morgan fingerprint density at radius 1 is 1.21 bits per heavy atom. The number of aliphatic hydroxyl groups excluding tert-OH is 1. The van der Waals surface area contributed by atoms with Gasteiger partial charge in [-0.2, -0.15) is 5.10 Å². The lowest BCUT2D eigenvalue weighted by Gasteiger charge is -2.15. The average Bonchev–Trinajstić information content (AvgIpc) is 2.72. The van der Waals surface area contributed by atoms with Gasteiger partial charge in [-0.15, -0.1) is 0 Å². The van der Waals surface area contributed by atoms with E-state index in [-0.39, 0.29) is 0 Å². The van der Waals surface area contributed by atoms with Crippen molar-refractivity contribution < 1.29 is 5.11 Å². The second kappa shape index (κ2) is 5.57. The van der Waals surface area contributed by atoms with Crippen molar-refractivity contribution in [3.63, 3.8) is 0 Å². The molecule has 1 atom stereocenters. The fraction of sp³-hybridized carbons (Fsp3) is 0.438. The van der Waals surface area contributed by atoms with E-state index in [1.165, 1.54) is 5.56 Å². The molecule has 0 saturated carbocycles. The third-order valence-corrected chi connectivity index (χ3v) is 3.48. The van der Waals surface area contributed by atoms with E-state index in [1.807, 2.05) is 18.5 Å². The molecule has 0 radical (unpaired) electrons. The topological polar surface area (TPSA) is 38.0 Å². The third-order valence-electron chi connectivity index (χ3n) is 3.48. The van der Waals surface area contributed by atoms with Crippen molar-refractivity contribution in [3.8, 4) is 0 Å². The lowest BCUT2D eigenvalue weighted by molar-refractivity contribution is 0.174. The third kappa shape index (κ3) is 3.04. The van der Waals surface area contributed by atoms with Crippen LogP contribution in [-0.4, -0.2) is 14.9 Å². The fourth-order valence-corrected chi connectivity index (χ4v) is 2.46. The first-order valence-electron chi connectivity index (χ1n) is 6.79. The first-order valence-corrected chi connectivity index (χ1v) is 6.79. The van der Waals surface area contributed by atoms with Gasteiger partial charge in [-0.1, -0.05) is 23.8 Å². The average molecular weight is 258 g/mol. The van der Waals surface area contributed by atoms with Crippen molar-refractivity contribution in [2.45, 2.75) is 46.8 Å². The summed E-state index contributed by atoms with van der Waals surface area (Å²) in [4.78, 5) is 0. The molecule has 0 bridgehead atoms. The summed E-state index contributed by atoms with van der Waals surface area (Å²) >= 11 is 0. The fourth-order valence-electron chi connectivity index (χ4n) is 2.46. The Labute approximate surface area is 114 Å². The van der Waals surface area contributed by atoms with Crippen LogP contribution in [0.5, 0.6) is 0 Å². The Hall–Kier alpha value is -1.61. The number of nitrogens with zero attached hydrogens (tertiary/aromatic N) is 2. The van der Waals surface area contributed by atoms with Crippen molar-refractivity contribution in [2.75, 3.05) is 0 Å². The van der Waals surface area contributed by atoms with Crippen molar-refractivity contribution in [3.05, 3.63) is 52.3 Å². The second-order valence-corrected chi connectivity index (χ2v) is 5.17. The maximum atomic E-state index is 10.5. The summed E-state index contributed by atoms with van der Waals surface area (Å²) in [5.41, 5.74) is 5.43. The number of benzene rings is 1. The second-order valence-electron chi connectivity index (χ2n) is 5.17. The summed E-state index contributed by atoms with van der Waals surface area (Å²) < 4.78 is 1.96. The van der Waals surface area contributed by atoms with Crippen LogP contribution in [0.15, 0.2) is 24.3 Å². The van der Waals surface area contributed by atoms with Gasteiger partial charge >= 0.3 is 0 Å². The number of hydrogen-bond acceptors (Lipinski definition) is 2. The molecular weight excluding hydrogens is 236 g/mol. The summed E-state index contributed by atoms with van der Waals surface area (Å²) in [6.07, 6.45) is 0.139. The van der Waals surface area contributed by atoms with E-state index in [1.54, 1.807) is 0 Å². The van der Waals surface area contributed by atoms with E-state index in [9.17, 15) is 5.11 Å². The molecular formula is C16H22N2O. The zero-order valence-electron chi connectivity index (χ0n) is 12.1. The van der Waals surface area contributed by atoms with Gasteiger partial charge in [0, 0.05) is 18.7 Å². The molecule has 102 valence electrons. The summed E-state index contributed by atoms with van der Waals surface area (Å²) in [5.74, 6) is 0. The van der Waals surface area contributed by atoms with Gasteiger partial charge in [0.05, 0.1) is 11.8 Å². The molecule has 19 heavy (non-hydrogen) atoms. The van der Waals surface area contributed by atoms with Crippen LogP contribution in [0.4, 0.5) is 0 Å². The van der Waals surface area contributed by atoms with Crippen molar-refractivity contribution in [1.82, 2.24) is 9.78 Å². The highest BCUT2D eigenvalue weighted by Gasteiger charge is 2.14. The van der Waals surface area contributed by atoms with E-state index in [0.29, 0.717) is 6.42 Å². The molecule has 1 aromatic carbocycles. The molecule has 3 nitrogen and oxygen atoms in total. The predicted molar refractivity (Wildman–Crippen MR) is 77.2 cm³/mol. The number of aromatic nitrogens is 2. The van der Waals surface area contributed by atoms with Gasteiger partial charge in [-0.05, 0) is 44.9 Å². The quantitative estimate of drug-likeness (QED) is 0.915. The predicted octanol–water partition coefficient (Wildman–Crippen LogP) is 3.10. The van der Waals surface area contributed by atoms with Crippen molar-refractivity contribution in [1.29, 1.82) is 0 Å². The Balaban J connectivity index is 2.25. The van der Waals surface area contributed by atoms with Crippen LogP contribution in [0.2, 0.25) is 0 Å². The molecule has 3 heteroatoms. The Morgan fingerprint density at radius 2 is 1.95 bits per heavy atom. The highest BCUT2D eigenvalue weighted by molar-refractivity contribution is 5.33. The smallest absolute Gasteiger partial charge is 0.0847 e. The maximum Gasteiger partial charge on any atom is 0.0847 e. The molecule has 2 rings (SSSR count). The molecule has 0 amide bonds. The minimum atomic E-state index is -0.471. The first kappa shape index (κ1) is 13.8. The summed E-state index contributed by atoms with van der Waals surface area (Å²) in [5, 5.41) is 14.9. The van der Waals surface area contributed by atoms with Gasteiger partial charge in [-0.3, -0.25) is 4.68 Å². The molecule has 1 N–H and O–H groups in total. The molecule has 0 aliphatic rings. The molecule has 2 aromatic rings. The van der Waals surface area contributed by atoms with Crippen LogP contribution < -0.4 is 0 Å². The van der Waals surface area contributed by atoms with Crippen LogP contribution in [-0.2, 0) is 13.0 Å². The molecule has 1 aromatic heterocycles. The summed E-state index contributed by atoms with van der Waals surface area (Å²) in [6.45, 7) is 8.99.